The van der Waals surface area contributed by atoms with Gasteiger partial charge in [0, 0.05) is 54.5 Å². The summed E-state index contributed by atoms with van der Waals surface area (Å²) in [6.45, 7) is 2.55. The van der Waals surface area contributed by atoms with Crippen LogP contribution in [0.25, 0.3) is 22.3 Å². The van der Waals surface area contributed by atoms with Crippen LogP contribution in [0, 0.1) is 11.7 Å². The summed E-state index contributed by atoms with van der Waals surface area (Å²) < 4.78 is 19.1. The Morgan fingerprint density at radius 2 is 1.88 bits per heavy atom. The first-order chi connectivity index (χ1) is 16.2. The number of pyridine rings is 1. The van der Waals surface area contributed by atoms with E-state index >= 15 is 0 Å². The lowest BCUT2D eigenvalue weighted by molar-refractivity contribution is 0.0699. The highest BCUT2D eigenvalue weighted by Gasteiger charge is 2.15. The van der Waals surface area contributed by atoms with Crippen molar-refractivity contribution in [3.05, 3.63) is 71.8 Å². The average molecular weight is 464 g/mol. The molecule has 2 aromatic heterocycles. The highest BCUT2D eigenvalue weighted by atomic mass is 35.5. The molecule has 0 atom stereocenters. The lowest BCUT2D eigenvalue weighted by Crippen LogP contribution is -2.22. The predicted octanol–water partition coefficient (Wildman–Crippen LogP) is 6.07. The van der Waals surface area contributed by atoms with Crippen LogP contribution in [-0.4, -0.2) is 34.7 Å². The van der Waals surface area contributed by atoms with Crippen molar-refractivity contribution in [2.24, 2.45) is 5.92 Å². The van der Waals surface area contributed by atoms with Gasteiger partial charge in [0.25, 0.3) is 0 Å². The maximum Gasteiger partial charge on any atom is 0.163 e. The summed E-state index contributed by atoms with van der Waals surface area (Å²) in [4.78, 5) is 13.7. The van der Waals surface area contributed by atoms with E-state index in [-0.39, 0.29) is 5.02 Å². The molecule has 2 N–H and O–H groups in total. The Bertz CT molecular complexity index is 1260. The molecule has 0 amide bonds. The third-order valence-corrected chi connectivity index (χ3v) is 6.02. The van der Waals surface area contributed by atoms with Gasteiger partial charge in [-0.15, -0.1) is 0 Å². The standard InChI is InChI=1S/C25H23ClFN5O/c26-21-12-19(4-6-22(21)27)30-25-20-5-3-18(29-14-16-7-10-33-11-8-16)13-23(20)31-24(32-25)17-2-1-9-28-15-17/h1-6,9,12-13,15-16,29H,7-8,10-11,14H2,(H,30,31,32). The van der Waals surface area contributed by atoms with Crippen molar-refractivity contribution < 1.29 is 9.13 Å². The summed E-state index contributed by atoms with van der Waals surface area (Å²) in [5.74, 6) is 1.29. The molecule has 0 aliphatic carbocycles. The van der Waals surface area contributed by atoms with Gasteiger partial charge in [-0.3, -0.25) is 4.98 Å². The second kappa shape index (κ2) is 9.68. The second-order valence-corrected chi connectivity index (χ2v) is 8.47. The Hall–Kier alpha value is -3.29. The number of halogens is 2. The molecule has 1 aliphatic rings. The lowest BCUT2D eigenvalue weighted by atomic mass is 10.0. The molecular formula is C25H23ClFN5O. The largest absolute Gasteiger partial charge is 0.385 e. The van der Waals surface area contributed by atoms with E-state index in [9.17, 15) is 4.39 Å². The molecule has 8 heteroatoms. The Morgan fingerprint density at radius 1 is 1.03 bits per heavy atom. The fraction of sp³-hybridized carbons (Fsp3) is 0.240. The molecule has 0 saturated carbocycles. The molecule has 33 heavy (non-hydrogen) atoms. The second-order valence-electron chi connectivity index (χ2n) is 8.06. The number of hydrogen-bond donors (Lipinski definition) is 2. The summed E-state index contributed by atoms with van der Waals surface area (Å²) in [6, 6.07) is 14.3. The zero-order chi connectivity index (χ0) is 22.6. The normalized spacial score (nSPS) is 14.4. The Labute approximate surface area is 196 Å². The molecule has 1 saturated heterocycles. The first-order valence-electron chi connectivity index (χ1n) is 10.9. The maximum absolute atomic E-state index is 13.6. The van der Waals surface area contributed by atoms with Gasteiger partial charge >= 0.3 is 0 Å². The molecule has 0 unspecified atom stereocenters. The molecule has 1 aliphatic heterocycles. The Morgan fingerprint density at radius 3 is 2.67 bits per heavy atom. The highest BCUT2D eigenvalue weighted by Crippen LogP contribution is 2.30. The van der Waals surface area contributed by atoms with Crippen molar-refractivity contribution in [1.82, 2.24) is 15.0 Å². The Balaban J connectivity index is 1.50. The van der Waals surface area contributed by atoms with E-state index in [0.717, 1.165) is 54.8 Å². The summed E-state index contributed by atoms with van der Waals surface area (Å²) >= 11 is 5.97. The molecular weight excluding hydrogens is 441 g/mol. The van der Waals surface area contributed by atoms with Gasteiger partial charge in [-0.1, -0.05) is 11.6 Å². The van der Waals surface area contributed by atoms with Gasteiger partial charge in [-0.2, -0.15) is 0 Å². The lowest BCUT2D eigenvalue weighted by Gasteiger charge is -2.22. The molecule has 0 bridgehead atoms. The number of anilines is 3. The fourth-order valence-corrected chi connectivity index (χ4v) is 4.06. The van der Waals surface area contributed by atoms with Gasteiger partial charge in [0.1, 0.15) is 11.6 Å². The van der Waals surface area contributed by atoms with Crippen molar-refractivity contribution in [3.63, 3.8) is 0 Å². The average Bonchev–Trinajstić information content (AvgIpc) is 2.86. The molecule has 168 valence electrons. The van der Waals surface area contributed by atoms with Crippen LogP contribution in [0.1, 0.15) is 12.8 Å². The first-order valence-corrected chi connectivity index (χ1v) is 11.3. The van der Waals surface area contributed by atoms with E-state index in [2.05, 4.69) is 15.6 Å². The van der Waals surface area contributed by atoms with Crippen molar-refractivity contribution in [1.29, 1.82) is 0 Å². The predicted molar refractivity (Wildman–Crippen MR) is 129 cm³/mol. The zero-order valence-corrected chi connectivity index (χ0v) is 18.6. The third-order valence-electron chi connectivity index (χ3n) is 5.73. The first kappa shape index (κ1) is 21.6. The number of hydrogen-bond acceptors (Lipinski definition) is 6. The van der Waals surface area contributed by atoms with Crippen LogP contribution in [-0.2, 0) is 4.74 Å². The van der Waals surface area contributed by atoms with E-state index in [0.29, 0.717) is 23.2 Å². The molecule has 5 rings (SSSR count). The van der Waals surface area contributed by atoms with Crippen LogP contribution in [0.5, 0.6) is 0 Å². The maximum atomic E-state index is 13.6. The number of nitrogens with zero attached hydrogens (tertiary/aromatic N) is 3. The summed E-state index contributed by atoms with van der Waals surface area (Å²) in [7, 11) is 0. The number of rotatable bonds is 6. The van der Waals surface area contributed by atoms with Gasteiger partial charge in [-0.25, -0.2) is 14.4 Å². The van der Waals surface area contributed by atoms with Crippen LogP contribution < -0.4 is 10.6 Å². The van der Waals surface area contributed by atoms with Crippen molar-refractivity contribution in [3.8, 4) is 11.4 Å². The molecule has 1 fully saturated rings. The van der Waals surface area contributed by atoms with E-state index in [1.807, 2.05) is 30.3 Å². The summed E-state index contributed by atoms with van der Waals surface area (Å²) in [6.07, 6.45) is 5.58. The minimum Gasteiger partial charge on any atom is -0.385 e. The number of ether oxygens (including phenoxy) is 1. The van der Waals surface area contributed by atoms with Crippen LogP contribution in [0.15, 0.2) is 60.9 Å². The van der Waals surface area contributed by atoms with Crippen molar-refractivity contribution in [2.45, 2.75) is 12.8 Å². The highest BCUT2D eigenvalue weighted by molar-refractivity contribution is 6.31. The Kier molecular flexibility index (Phi) is 6.32. The van der Waals surface area contributed by atoms with Gasteiger partial charge < -0.3 is 15.4 Å². The van der Waals surface area contributed by atoms with Crippen LogP contribution in [0.3, 0.4) is 0 Å². The number of aromatic nitrogens is 3. The minimum absolute atomic E-state index is 0.0467. The van der Waals surface area contributed by atoms with Gasteiger partial charge in [0.15, 0.2) is 5.82 Å². The minimum atomic E-state index is -0.467. The van der Waals surface area contributed by atoms with Crippen LogP contribution in [0.2, 0.25) is 5.02 Å². The topological polar surface area (TPSA) is 72.0 Å². The third kappa shape index (κ3) is 5.05. The monoisotopic (exact) mass is 463 g/mol. The molecule has 4 aromatic rings. The zero-order valence-electron chi connectivity index (χ0n) is 17.9. The van der Waals surface area contributed by atoms with Gasteiger partial charge in [-0.05, 0) is 67.3 Å². The molecule has 2 aromatic carbocycles. The molecule has 0 radical (unpaired) electrons. The van der Waals surface area contributed by atoms with Crippen molar-refractivity contribution >= 4 is 39.7 Å². The SMILES string of the molecule is Fc1ccc(Nc2nc(-c3cccnc3)nc3cc(NCC4CCOCC4)ccc23)cc1Cl. The van der Waals surface area contributed by atoms with Gasteiger partial charge in [0.2, 0.25) is 0 Å². The number of fused-ring (bicyclic) bond motifs is 1. The van der Waals surface area contributed by atoms with E-state index < -0.39 is 5.82 Å². The quantitative estimate of drug-likeness (QED) is 0.362. The van der Waals surface area contributed by atoms with E-state index in [1.54, 1.807) is 24.5 Å². The summed E-state index contributed by atoms with van der Waals surface area (Å²) in [5, 5.41) is 7.71. The molecule has 0 spiro atoms. The van der Waals surface area contributed by atoms with E-state index in [1.165, 1.54) is 6.07 Å². The smallest absolute Gasteiger partial charge is 0.163 e. The van der Waals surface area contributed by atoms with Gasteiger partial charge in [0.05, 0.1) is 10.5 Å². The molecule has 6 nitrogen and oxygen atoms in total. The molecule has 3 heterocycles. The van der Waals surface area contributed by atoms with Crippen LogP contribution in [0.4, 0.5) is 21.6 Å². The van der Waals surface area contributed by atoms with E-state index in [4.69, 9.17) is 26.3 Å². The number of benzene rings is 2. The fourth-order valence-electron chi connectivity index (χ4n) is 3.88. The van der Waals surface area contributed by atoms with Crippen molar-refractivity contribution in [2.75, 3.05) is 30.4 Å². The summed E-state index contributed by atoms with van der Waals surface area (Å²) in [5.41, 5.74) is 3.23. The number of nitrogens with one attached hydrogen (secondary N) is 2. The van der Waals surface area contributed by atoms with Crippen LogP contribution >= 0.6 is 11.6 Å².